The summed E-state index contributed by atoms with van der Waals surface area (Å²) in [6.07, 6.45) is 1.38. The van der Waals surface area contributed by atoms with Gasteiger partial charge in [0.2, 0.25) is 0 Å². The van der Waals surface area contributed by atoms with Crippen LogP contribution in [0.15, 0.2) is 60.7 Å². The Labute approximate surface area is 141 Å². The van der Waals surface area contributed by atoms with Crippen molar-refractivity contribution in [2.24, 2.45) is 0 Å². The smallest absolute Gasteiger partial charge is 0.163 e. The van der Waals surface area contributed by atoms with Gasteiger partial charge in [0.1, 0.15) is 0 Å². The Morgan fingerprint density at radius 1 is 0.957 bits per heavy atom. The summed E-state index contributed by atoms with van der Waals surface area (Å²) in [6, 6.07) is 20.5. The molecule has 3 aromatic rings. The summed E-state index contributed by atoms with van der Waals surface area (Å²) in [6.45, 7) is 4.17. The summed E-state index contributed by atoms with van der Waals surface area (Å²) in [4.78, 5) is 14.9. The molecule has 2 aromatic carbocycles. The molecule has 0 aliphatic carbocycles. The SMILES string of the molecule is Cc1ccc(C(=O)CCc2sc(-c3ccccc3)cc2C)cc1. The van der Waals surface area contributed by atoms with Crippen molar-refractivity contribution in [3.05, 3.63) is 82.2 Å². The van der Waals surface area contributed by atoms with Crippen molar-refractivity contribution in [1.82, 2.24) is 0 Å². The fourth-order valence-corrected chi connectivity index (χ4v) is 3.80. The molecule has 23 heavy (non-hydrogen) atoms. The maximum absolute atomic E-state index is 12.3. The van der Waals surface area contributed by atoms with E-state index in [9.17, 15) is 4.79 Å². The van der Waals surface area contributed by atoms with Crippen LogP contribution in [0.3, 0.4) is 0 Å². The van der Waals surface area contributed by atoms with Gasteiger partial charge < -0.3 is 0 Å². The molecule has 0 radical (unpaired) electrons. The molecule has 1 nitrogen and oxygen atoms in total. The number of hydrogen-bond donors (Lipinski definition) is 0. The van der Waals surface area contributed by atoms with Crippen LogP contribution < -0.4 is 0 Å². The van der Waals surface area contributed by atoms with Crippen molar-refractivity contribution < 1.29 is 4.79 Å². The lowest BCUT2D eigenvalue weighted by atomic mass is 10.0. The molecule has 0 aliphatic rings. The minimum atomic E-state index is 0.221. The summed E-state index contributed by atoms with van der Waals surface area (Å²) in [5.74, 6) is 0.221. The summed E-state index contributed by atoms with van der Waals surface area (Å²) >= 11 is 1.80. The first kappa shape index (κ1) is 15.7. The number of aryl methyl sites for hydroxylation is 3. The molecule has 2 heteroatoms. The third-order valence-corrected chi connectivity index (χ3v) is 5.38. The van der Waals surface area contributed by atoms with E-state index in [0.717, 1.165) is 12.0 Å². The van der Waals surface area contributed by atoms with Crippen molar-refractivity contribution in [3.8, 4) is 10.4 Å². The van der Waals surface area contributed by atoms with E-state index in [-0.39, 0.29) is 5.78 Å². The number of rotatable bonds is 5. The highest BCUT2D eigenvalue weighted by molar-refractivity contribution is 7.15. The van der Waals surface area contributed by atoms with Gasteiger partial charge in [0.15, 0.2) is 5.78 Å². The predicted molar refractivity (Wildman–Crippen MR) is 98.3 cm³/mol. The second kappa shape index (κ2) is 6.93. The van der Waals surface area contributed by atoms with Crippen LogP contribution in [0.25, 0.3) is 10.4 Å². The molecule has 0 saturated carbocycles. The molecule has 0 N–H and O–H groups in total. The summed E-state index contributed by atoms with van der Waals surface area (Å²) in [5, 5.41) is 0. The molecule has 116 valence electrons. The van der Waals surface area contributed by atoms with Gasteiger partial charge in [0, 0.05) is 21.7 Å². The van der Waals surface area contributed by atoms with E-state index >= 15 is 0 Å². The second-order valence-corrected chi connectivity index (χ2v) is 7.01. The summed E-state index contributed by atoms with van der Waals surface area (Å²) < 4.78 is 0. The summed E-state index contributed by atoms with van der Waals surface area (Å²) in [5.41, 5.74) is 4.53. The average Bonchev–Trinajstić information content (AvgIpc) is 2.95. The van der Waals surface area contributed by atoms with Crippen LogP contribution in [0.5, 0.6) is 0 Å². The predicted octanol–water partition coefficient (Wildman–Crippen LogP) is 5.85. The molecular formula is C21H20OS. The first-order chi connectivity index (χ1) is 11.1. The van der Waals surface area contributed by atoms with Gasteiger partial charge in [0.05, 0.1) is 0 Å². The lowest BCUT2D eigenvalue weighted by Gasteiger charge is -2.02. The largest absolute Gasteiger partial charge is 0.294 e. The first-order valence-corrected chi connectivity index (χ1v) is 8.70. The van der Waals surface area contributed by atoms with E-state index in [1.54, 1.807) is 11.3 Å². The van der Waals surface area contributed by atoms with Crippen molar-refractivity contribution >= 4 is 17.1 Å². The Morgan fingerprint density at radius 2 is 1.65 bits per heavy atom. The first-order valence-electron chi connectivity index (χ1n) is 7.88. The van der Waals surface area contributed by atoms with Crippen LogP contribution in [0.2, 0.25) is 0 Å². The van der Waals surface area contributed by atoms with Gasteiger partial charge in [-0.15, -0.1) is 11.3 Å². The molecule has 0 unspecified atom stereocenters. The number of ketones is 1. The van der Waals surface area contributed by atoms with Gasteiger partial charge in [0.25, 0.3) is 0 Å². The molecular weight excluding hydrogens is 300 g/mol. The Morgan fingerprint density at radius 3 is 2.35 bits per heavy atom. The van der Waals surface area contributed by atoms with Crippen LogP contribution in [-0.4, -0.2) is 5.78 Å². The highest BCUT2D eigenvalue weighted by atomic mass is 32.1. The minimum absolute atomic E-state index is 0.221. The molecule has 0 atom stereocenters. The lowest BCUT2D eigenvalue weighted by molar-refractivity contribution is 0.0983. The number of thiophene rings is 1. The highest BCUT2D eigenvalue weighted by Crippen LogP contribution is 2.32. The minimum Gasteiger partial charge on any atom is -0.294 e. The molecule has 0 saturated heterocycles. The van der Waals surface area contributed by atoms with E-state index in [0.29, 0.717) is 6.42 Å². The number of hydrogen-bond acceptors (Lipinski definition) is 2. The van der Waals surface area contributed by atoms with E-state index < -0.39 is 0 Å². The maximum atomic E-state index is 12.3. The number of benzene rings is 2. The fourth-order valence-electron chi connectivity index (χ4n) is 2.62. The topological polar surface area (TPSA) is 17.1 Å². The molecule has 3 rings (SSSR count). The van der Waals surface area contributed by atoms with Gasteiger partial charge in [-0.05, 0) is 37.5 Å². The molecule has 0 amide bonds. The molecule has 1 heterocycles. The van der Waals surface area contributed by atoms with E-state index in [2.05, 4.69) is 37.3 Å². The average molecular weight is 320 g/mol. The lowest BCUT2D eigenvalue weighted by Crippen LogP contribution is -2.00. The van der Waals surface area contributed by atoms with Gasteiger partial charge >= 0.3 is 0 Å². The van der Waals surface area contributed by atoms with Crippen LogP contribution in [-0.2, 0) is 6.42 Å². The van der Waals surface area contributed by atoms with Gasteiger partial charge in [-0.25, -0.2) is 0 Å². The van der Waals surface area contributed by atoms with Crippen LogP contribution in [0.4, 0.5) is 0 Å². The highest BCUT2D eigenvalue weighted by Gasteiger charge is 2.11. The van der Waals surface area contributed by atoms with Crippen LogP contribution in [0, 0.1) is 13.8 Å². The van der Waals surface area contributed by atoms with Gasteiger partial charge in [-0.3, -0.25) is 4.79 Å². The second-order valence-electron chi connectivity index (χ2n) is 5.87. The molecule has 0 fully saturated rings. The van der Waals surface area contributed by atoms with Crippen LogP contribution in [0.1, 0.15) is 32.8 Å². The Kier molecular flexibility index (Phi) is 4.73. The fraction of sp³-hybridized carbons (Fsp3) is 0.190. The van der Waals surface area contributed by atoms with Crippen molar-refractivity contribution in [2.75, 3.05) is 0 Å². The summed E-state index contributed by atoms with van der Waals surface area (Å²) in [7, 11) is 0. The maximum Gasteiger partial charge on any atom is 0.163 e. The van der Waals surface area contributed by atoms with E-state index in [4.69, 9.17) is 0 Å². The number of carbonyl (C=O) groups excluding carboxylic acids is 1. The zero-order valence-corrected chi connectivity index (χ0v) is 14.3. The van der Waals surface area contributed by atoms with Crippen LogP contribution >= 0.6 is 11.3 Å². The number of carbonyl (C=O) groups is 1. The van der Waals surface area contributed by atoms with Gasteiger partial charge in [-0.2, -0.15) is 0 Å². The zero-order chi connectivity index (χ0) is 16.2. The third-order valence-electron chi connectivity index (χ3n) is 4.03. The van der Waals surface area contributed by atoms with Gasteiger partial charge in [-0.1, -0.05) is 60.2 Å². The van der Waals surface area contributed by atoms with Crippen molar-refractivity contribution in [1.29, 1.82) is 0 Å². The van der Waals surface area contributed by atoms with Crippen molar-refractivity contribution in [2.45, 2.75) is 26.7 Å². The Hall–Kier alpha value is -2.19. The normalized spacial score (nSPS) is 10.7. The zero-order valence-electron chi connectivity index (χ0n) is 13.5. The monoisotopic (exact) mass is 320 g/mol. The quantitative estimate of drug-likeness (QED) is 0.539. The molecule has 0 aliphatic heterocycles. The molecule has 0 spiro atoms. The third kappa shape index (κ3) is 3.77. The van der Waals surface area contributed by atoms with E-state index in [1.807, 2.05) is 37.3 Å². The Bertz CT molecular complexity index is 798. The Balaban J connectivity index is 1.70. The number of Topliss-reactive ketones (excluding diaryl/α,β-unsaturated/α-hetero) is 1. The molecule has 0 bridgehead atoms. The standard InChI is InChI=1S/C21H20OS/c1-15-8-10-17(11-9-15)19(22)12-13-20-16(2)14-21(23-20)18-6-4-3-5-7-18/h3-11,14H,12-13H2,1-2H3. The van der Waals surface area contributed by atoms with E-state index in [1.165, 1.54) is 26.4 Å². The molecule has 1 aromatic heterocycles. The van der Waals surface area contributed by atoms with Crippen molar-refractivity contribution in [3.63, 3.8) is 0 Å².